The van der Waals surface area contributed by atoms with Crippen LogP contribution >= 0.6 is 0 Å². The van der Waals surface area contributed by atoms with Gasteiger partial charge in [-0.1, -0.05) is 0 Å². The van der Waals surface area contributed by atoms with Crippen molar-refractivity contribution in [3.8, 4) is 0 Å². The Hall–Kier alpha value is -0.830. The van der Waals surface area contributed by atoms with Gasteiger partial charge in [-0.15, -0.1) is 0 Å². The second-order valence-corrected chi connectivity index (χ2v) is 4.61. The fourth-order valence-electron chi connectivity index (χ4n) is 2.00. The minimum atomic E-state index is -0.304. The van der Waals surface area contributed by atoms with Crippen molar-refractivity contribution in [3.63, 3.8) is 0 Å². The summed E-state index contributed by atoms with van der Waals surface area (Å²) >= 11 is 0. The van der Waals surface area contributed by atoms with Gasteiger partial charge in [0, 0.05) is 0 Å². The zero-order valence-corrected chi connectivity index (χ0v) is 8.14. The van der Waals surface area contributed by atoms with Crippen LogP contribution in [-0.2, 0) is 4.79 Å². The highest BCUT2D eigenvalue weighted by molar-refractivity contribution is 5.94. The van der Waals surface area contributed by atoms with Crippen molar-refractivity contribution >= 4 is 5.91 Å². The van der Waals surface area contributed by atoms with Gasteiger partial charge in [0.15, 0.2) is 0 Å². The maximum atomic E-state index is 11.0. The fraction of sp³-hybridized carbons (Fsp3) is 0.667. The number of carbonyl (C=O) groups is 1. The third-order valence-corrected chi connectivity index (χ3v) is 2.21. The first-order valence-electron chi connectivity index (χ1n) is 4.15. The lowest BCUT2D eigenvalue weighted by Crippen LogP contribution is -3.01. The Morgan fingerprint density at radius 3 is 2.08 bits per heavy atom. The van der Waals surface area contributed by atoms with Crippen molar-refractivity contribution in [1.29, 1.82) is 0 Å². The number of quaternary nitrogens is 1. The second kappa shape index (κ2) is 2.33. The van der Waals surface area contributed by atoms with Gasteiger partial charge in [-0.05, 0) is 33.8 Å². The largest absolute Gasteiger partial charge is 0.366 e. The molecule has 0 aromatic heterocycles. The zero-order valence-electron chi connectivity index (χ0n) is 8.14. The molecular formula is C9H17N2O+. The fourth-order valence-corrected chi connectivity index (χ4v) is 2.00. The predicted octanol–water partition coefficient (Wildman–Crippen LogP) is -0.468. The van der Waals surface area contributed by atoms with Crippen LogP contribution in [0.2, 0.25) is 0 Å². The number of rotatable bonds is 1. The molecule has 12 heavy (non-hydrogen) atoms. The van der Waals surface area contributed by atoms with E-state index in [4.69, 9.17) is 5.73 Å². The summed E-state index contributed by atoms with van der Waals surface area (Å²) in [6, 6.07) is 0. The Balaban J connectivity index is 3.04. The lowest BCUT2D eigenvalue weighted by atomic mass is 9.96. The zero-order chi connectivity index (χ0) is 9.57. The SMILES string of the molecule is CC1(C)C=C(C(N)=O)C(C)(C)[NH2+]1. The van der Waals surface area contributed by atoms with E-state index in [9.17, 15) is 4.79 Å². The summed E-state index contributed by atoms with van der Waals surface area (Å²) in [4.78, 5) is 11.0. The van der Waals surface area contributed by atoms with Gasteiger partial charge in [-0.3, -0.25) is 4.79 Å². The molecule has 0 aromatic rings. The number of amides is 1. The smallest absolute Gasteiger partial charge is 0.250 e. The normalized spacial score (nSPS) is 25.2. The van der Waals surface area contributed by atoms with E-state index >= 15 is 0 Å². The molecule has 1 heterocycles. The van der Waals surface area contributed by atoms with E-state index in [0.29, 0.717) is 0 Å². The molecule has 0 fully saturated rings. The molecule has 1 aliphatic heterocycles. The minimum absolute atomic E-state index is 0.00609. The van der Waals surface area contributed by atoms with Crippen molar-refractivity contribution in [2.75, 3.05) is 0 Å². The highest BCUT2D eigenvalue weighted by Gasteiger charge is 2.43. The van der Waals surface area contributed by atoms with Crippen LogP contribution in [0.5, 0.6) is 0 Å². The lowest BCUT2D eigenvalue weighted by Gasteiger charge is -2.23. The first kappa shape index (κ1) is 9.26. The molecule has 4 N–H and O–H groups in total. The molecule has 0 aliphatic carbocycles. The number of hydrogen-bond acceptors (Lipinski definition) is 1. The van der Waals surface area contributed by atoms with E-state index in [1.165, 1.54) is 0 Å². The van der Waals surface area contributed by atoms with Gasteiger partial charge in [0.2, 0.25) is 0 Å². The molecule has 0 unspecified atom stereocenters. The van der Waals surface area contributed by atoms with Crippen molar-refractivity contribution in [1.82, 2.24) is 0 Å². The molecule has 1 amide bonds. The average molecular weight is 169 g/mol. The number of primary amides is 1. The van der Waals surface area contributed by atoms with Crippen LogP contribution in [0.15, 0.2) is 11.6 Å². The average Bonchev–Trinajstić information content (AvgIpc) is 1.99. The van der Waals surface area contributed by atoms with E-state index < -0.39 is 0 Å². The molecule has 1 aliphatic rings. The quantitative estimate of drug-likeness (QED) is 0.548. The molecule has 0 atom stereocenters. The standard InChI is InChI=1S/C9H16N2O/c1-8(2)5-6(7(10)12)9(3,4)11-8/h5,11H,1-4H3,(H2,10,12)/p+1. The van der Waals surface area contributed by atoms with E-state index in [1.54, 1.807) is 0 Å². The Bertz CT molecular complexity index is 251. The molecule has 0 aromatic carbocycles. The topological polar surface area (TPSA) is 59.7 Å². The van der Waals surface area contributed by atoms with Crippen LogP contribution in [0, 0.1) is 0 Å². The van der Waals surface area contributed by atoms with Crippen molar-refractivity contribution in [2.24, 2.45) is 5.73 Å². The molecular weight excluding hydrogens is 152 g/mol. The van der Waals surface area contributed by atoms with Crippen LogP contribution in [0.1, 0.15) is 27.7 Å². The number of carbonyl (C=O) groups excluding carboxylic acids is 1. The minimum Gasteiger partial charge on any atom is -0.366 e. The van der Waals surface area contributed by atoms with E-state index in [2.05, 4.69) is 19.2 Å². The second-order valence-electron chi connectivity index (χ2n) is 4.61. The number of nitrogens with two attached hydrogens (primary N) is 2. The lowest BCUT2D eigenvalue weighted by molar-refractivity contribution is -0.750. The molecule has 3 heteroatoms. The van der Waals surface area contributed by atoms with Crippen LogP contribution in [0.4, 0.5) is 0 Å². The van der Waals surface area contributed by atoms with Crippen LogP contribution in [0.25, 0.3) is 0 Å². The maximum absolute atomic E-state index is 11.0. The molecule has 0 saturated heterocycles. The first-order chi connectivity index (χ1) is 5.25. The summed E-state index contributed by atoms with van der Waals surface area (Å²) < 4.78 is 0. The molecule has 0 saturated carbocycles. The van der Waals surface area contributed by atoms with Gasteiger partial charge in [0.1, 0.15) is 11.1 Å². The molecule has 0 spiro atoms. The third kappa shape index (κ3) is 1.50. The van der Waals surface area contributed by atoms with E-state index in [0.717, 1.165) is 5.57 Å². The van der Waals surface area contributed by atoms with E-state index in [-0.39, 0.29) is 17.0 Å². The van der Waals surface area contributed by atoms with Crippen LogP contribution < -0.4 is 11.1 Å². The monoisotopic (exact) mass is 169 g/mol. The van der Waals surface area contributed by atoms with Gasteiger partial charge in [0.25, 0.3) is 5.91 Å². The molecule has 0 radical (unpaired) electrons. The Kier molecular flexibility index (Phi) is 1.80. The van der Waals surface area contributed by atoms with Crippen molar-refractivity contribution < 1.29 is 10.1 Å². The molecule has 0 bridgehead atoms. The van der Waals surface area contributed by atoms with Crippen molar-refractivity contribution in [3.05, 3.63) is 11.6 Å². The van der Waals surface area contributed by atoms with Gasteiger partial charge in [0.05, 0.1) is 5.57 Å². The summed E-state index contributed by atoms with van der Waals surface area (Å²) in [6.07, 6.45) is 1.95. The van der Waals surface area contributed by atoms with Crippen molar-refractivity contribution in [2.45, 2.75) is 38.8 Å². The Morgan fingerprint density at radius 2 is 1.92 bits per heavy atom. The Morgan fingerprint density at radius 1 is 1.42 bits per heavy atom. The van der Waals surface area contributed by atoms with Crippen LogP contribution in [0.3, 0.4) is 0 Å². The van der Waals surface area contributed by atoms with Gasteiger partial charge < -0.3 is 11.1 Å². The maximum Gasteiger partial charge on any atom is 0.250 e. The number of hydrogen-bond donors (Lipinski definition) is 2. The Labute approximate surface area is 73.0 Å². The van der Waals surface area contributed by atoms with Gasteiger partial charge >= 0.3 is 0 Å². The van der Waals surface area contributed by atoms with E-state index in [1.807, 2.05) is 19.9 Å². The van der Waals surface area contributed by atoms with Gasteiger partial charge in [-0.2, -0.15) is 0 Å². The molecule has 3 nitrogen and oxygen atoms in total. The van der Waals surface area contributed by atoms with Crippen LogP contribution in [-0.4, -0.2) is 17.0 Å². The summed E-state index contributed by atoms with van der Waals surface area (Å²) in [5, 5.41) is 2.15. The summed E-state index contributed by atoms with van der Waals surface area (Å²) in [5.74, 6) is -0.304. The first-order valence-corrected chi connectivity index (χ1v) is 4.15. The summed E-state index contributed by atoms with van der Waals surface area (Å²) in [7, 11) is 0. The predicted molar refractivity (Wildman–Crippen MR) is 47.4 cm³/mol. The highest BCUT2D eigenvalue weighted by atomic mass is 16.1. The molecule has 1 rings (SSSR count). The molecule has 68 valence electrons. The van der Waals surface area contributed by atoms with Gasteiger partial charge in [-0.25, -0.2) is 0 Å². The summed E-state index contributed by atoms with van der Waals surface area (Å²) in [5.41, 5.74) is 5.82. The highest BCUT2D eigenvalue weighted by Crippen LogP contribution is 2.21. The summed E-state index contributed by atoms with van der Waals surface area (Å²) in [6.45, 7) is 8.17. The third-order valence-electron chi connectivity index (χ3n) is 2.21.